The summed E-state index contributed by atoms with van der Waals surface area (Å²) in [5.41, 5.74) is 18.4. The van der Waals surface area contributed by atoms with Crippen molar-refractivity contribution in [2.24, 2.45) is 0 Å². The number of anilines is 3. The minimum atomic E-state index is -0.405. The van der Waals surface area contributed by atoms with Crippen LogP contribution in [-0.4, -0.2) is 0 Å². The topological polar surface area (TPSA) is 3.24 Å². The average molecular weight is 686 g/mol. The van der Waals surface area contributed by atoms with E-state index in [2.05, 4.69) is 217 Å². The molecule has 0 saturated heterocycles. The summed E-state index contributed by atoms with van der Waals surface area (Å²) < 4.78 is 0. The van der Waals surface area contributed by atoms with Crippen molar-refractivity contribution in [1.82, 2.24) is 0 Å². The van der Waals surface area contributed by atoms with Gasteiger partial charge in [0.2, 0.25) is 0 Å². The highest BCUT2D eigenvalue weighted by molar-refractivity contribution is 5.96. The van der Waals surface area contributed by atoms with Gasteiger partial charge >= 0.3 is 0 Å². The third-order valence-electron chi connectivity index (χ3n) is 11.7. The van der Waals surface area contributed by atoms with Crippen LogP contribution in [0.5, 0.6) is 0 Å². The summed E-state index contributed by atoms with van der Waals surface area (Å²) in [6.45, 7) is 0. The third-order valence-corrected chi connectivity index (χ3v) is 11.7. The molecule has 54 heavy (non-hydrogen) atoms. The zero-order chi connectivity index (χ0) is 35.6. The van der Waals surface area contributed by atoms with Gasteiger partial charge in [0.1, 0.15) is 0 Å². The van der Waals surface area contributed by atoms with Crippen LogP contribution in [0, 0.1) is 0 Å². The Labute approximate surface area is 316 Å². The second-order valence-electron chi connectivity index (χ2n) is 14.5. The Morgan fingerprint density at radius 3 is 1.28 bits per heavy atom. The van der Waals surface area contributed by atoms with Crippen molar-refractivity contribution in [3.63, 3.8) is 0 Å². The highest BCUT2D eigenvalue weighted by Gasteiger charge is 2.51. The van der Waals surface area contributed by atoms with E-state index in [0.29, 0.717) is 0 Å². The fourth-order valence-electron chi connectivity index (χ4n) is 9.27. The highest BCUT2D eigenvalue weighted by atomic mass is 15.1. The SMILES string of the molecule is c1ccc(-c2ccc(N(c3ccc(-c4ccc5ccccc5c4)cc3)c3ccc4c(c3)C3(c5ccccc5-c5ccccc53)c3ccccc3-4)cc2)cc1. The Balaban J connectivity index is 1.10. The predicted octanol–water partition coefficient (Wildman–Crippen LogP) is 14.0. The van der Waals surface area contributed by atoms with Gasteiger partial charge in [0.05, 0.1) is 5.41 Å². The molecule has 0 bridgehead atoms. The van der Waals surface area contributed by atoms with Crippen molar-refractivity contribution in [3.05, 3.63) is 235 Å². The second kappa shape index (κ2) is 12.0. The normalized spacial score (nSPS) is 13.0. The van der Waals surface area contributed by atoms with Crippen molar-refractivity contribution in [3.8, 4) is 44.5 Å². The standard InChI is InChI=1S/C53H35N/c1-2-12-36(13-3-1)38-24-28-42(29-25-38)54(43-30-26-39(27-31-43)41-23-22-37-14-4-5-15-40(37)34-41)44-32-33-48-47-18-8-11-21-51(47)53(52(48)35-44)49-19-9-6-16-45(49)46-17-7-10-20-50(46)53/h1-35H. The first kappa shape index (κ1) is 30.6. The van der Waals surface area contributed by atoms with Crippen LogP contribution in [0.15, 0.2) is 212 Å². The van der Waals surface area contributed by atoms with Gasteiger partial charge in [-0.15, -0.1) is 0 Å². The maximum Gasteiger partial charge on any atom is 0.0726 e. The van der Waals surface area contributed by atoms with Gasteiger partial charge in [-0.25, -0.2) is 0 Å². The number of fused-ring (bicyclic) bond motifs is 11. The fourth-order valence-corrected chi connectivity index (χ4v) is 9.27. The van der Waals surface area contributed by atoms with Crippen molar-refractivity contribution in [1.29, 1.82) is 0 Å². The zero-order valence-corrected chi connectivity index (χ0v) is 29.7. The summed E-state index contributed by atoms with van der Waals surface area (Å²) in [7, 11) is 0. The smallest absolute Gasteiger partial charge is 0.0726 e. The van der Waals surface area contributed by atoms with Crippen LogP contribution in [0.3, 0.4) is 0 Å². The summed E-state index contributed by atoms with van der Waals surface area (Å²) in [6, 6.07) is 78.2. The molecule has 1 heteroatoms. The molecular formula is C53H35N. The van der Waals surface area contributed by atoms with Crippen molar-refractivity contribution in [2.45, 2.75) is 5.41 Å². The monoisotopic (exact) mass is 685 g/mol. The molecule has 252 valence electrons. The quantitative estimate of drug-likeness (QED) is 0.174. The van der Waals surface area contributed by atoms with Crippen LogP contribution in [-0.2, 0) is 5.41 Å². The number of benzene rings is 9. The molecule has 0 amide bonds. The number of hydrogen-bond acceptors (Lipinski definition) is 1. The molecule has 11 rings (SSSR count). The van der Waals surface area contributed by atoms with Crippen LogP contribution >= 0.6 is 0 Å². The first-order chi connectivity index (χ1) is 26.8. The Bertz CT molecular complexity index is 2800. The number of rotatable bonds is 5. The molecule has 9 aromatic carbocycles. The lowest BCUT2D eigenvalue weighted by molar-refractivity contribution is 0.793. The summed E-state index contributed by atoms with van der Waals surface area (Å²) in [6.07, 6.45) is 0. The molecule has 0 heterocycles. The van der Waals surface area contributed by atoms with Gasteiger partial charge in [-0.3, -0.25) is 0 Å². The van der Waals surface area contributed by atoms with E-state index in [1.165, 1.54) is 77.5 Å². The lowest BCUT2D eigenvalue weighted by Crippen LogP contribution is -2.26. The molecule has 0 saturated carbocycles. The summed E-state index contributed by atoms with van der Waals surface area (Å²) in [5.74, 6) is 0. The number of hydrogen-bond donors (Lipinski definition) is 0. The number of nitrogens with zero attached hydrogens (tertiary/aromatic N) is 1. The zero-order valence-electron chi connectivity index (χ0n) is 29.7. The van der Waals surface area contributed by atoms with Crippen molar-refractivity contribution in [2.75, 3.05) is 4.90 Å². The van der Waals surface area contributed by atoms with Gasteiger partial charge in [0.15, 0.2) is 0 Å². The van der Waals surface area contributed by atoms with Gasteiger partial charge in [-0.1, -0.05) is 170 Å². The molecular weight excluding hydrogens is 651 g/mol. The van der Waals surface area contributed by atoms with E-state index in [4.69, 9.17) is 0 Å². The molecule has 0 unspecified atom stereocenters. The third kappa shape index (κ3) is 4.52. The Morgan fingerprint density at radius 1 is 0.259 bits per heavy atom. The molecule has 0 fully saturated rings. The molecule has 0 atom stereocenters. The Morgan fingerprint density at radius 2 is 0.685 bits per heavy atom. The molecule has 0 radical (unpaired) electrons. The first-order valence-electron chi connectivity index (χ1n) is 18.8. The lowest BCUT2D eigenvalue weighted by atomic mass is 9.70. The van der Waals surface area contributed by atoms with E-state index >= 15 is 0 Å². The molecule has 0 aliphatic heterocycles. The maximum atomic E-state index is 2.47. The molecule has 1 spiro atoms. The van der Waals surface area contributed by atoms with Gasteiger partial charge in [-0.2, -0.15) is 0 Å². The largest absolute Gasteiger partial charge is 0.310 e. The van der Waals surface area contributed by atoms with E-state index in [1.807, 2.05) is 0 Å². The predicted molar refractivity (Wildman–Crippen MR) is 226 cm³/mol. The molecule has 2 aliphatic rings. The van der Waals surface area contributed by atoms with Gasteiger partial charge in [0, 0.05) is 17.1 Å². The van der Waals surface area contributed by atoms with Crippen LogP contribution in [0.4, 0.5) is 17.1 Å². The Hall–Kier alpha value is -6.96. The Kier molecular flexibility index (Phi) is 6.84. The van der Waals surface area contributed by atoms with E-state index in [0.717, 1.165) is 17.1 Å². The lowest BCUT2D eigenvalue weighted by Gasteiger charge is -2.32. The molecule has 2 aliphatic carbocycles. The van der Waals surface area contributed by atoms with Crippen LogP contribution in [0.2, 0.25) is 0 Å². The van der Waals surface area contributed by atoms with Gasteiger partial charge < -0.3 is 4.90 Å². The fraction of sp³-hybridized carbons (Fsp3) is 0.0189. The van der Waals surface area contributed by atoms with E-state index < -0.39 is 5.41 Å². The van der Waals surface area contributed by atoms with Crippen molar-refractivity contribution >= 4 is 27.8 Å². The molecule has 0 aromatic heterocycles. The van der Waals surface area contributed by atoms with Crippen LogP contribution in [0.25, 0.3) is 55.3 Å². The molecule has 0 N–H and O–H groups in total. The van der Waals surface area contributed by atoms with Crippen LogP contribution < -0.4 is 4.90 Å². The maximum absolute atomic E-state index is 2.47. The summed E-state index contributed by atoms with van der Waals surface area (Å²) in [5, 5.41) is 2.51. The minimum Gasteiger partial charge on any atom is -0.310 e. The van der Waals surface area contributed by atoms with Crippen molar-refractivity contribution < 1.29 is 0 Å². The first-order valence-corrected chi connectivity index (χ1v) is 18.8. The van der Waals surface area contributed by atoms with Gasteiger partial charge in [-0.05, 0) is 120 Å². The molecule has 1 nitrogen and oxygen atoms in total. The summed E-state index contributed by atoms with van der Waals surface area (Å²) in [4.78, 5) is 2.42. The van der Waals surface area contributed by atoms with E-state index in [-0.39, 0.29) is 0 Å². The molecule has 9 aromatic rings. The van der Waals surface area contributed by atoms with Crippen LogP contribution in [0.1, 0.15) is 22.3 Å². The average Bonchev–Trinajstić information content (AvgIpc) is 3.72. The van der Waals surface area contributed by atoms with Gasteiger partial charge in [0.25, 0.3) is 0 Å². The summed E-state index contributed by atoms with van der Waals surface area (Å²) >= 11 is 0. The highest BCUT2D eigenvalue weighted by Crippen LogP contribution is 2.63. The van der Waals surface area contributed by atoms with E-state index in [1.54, 1.807) is 0 Å². The second-order valence-corrected chi connectivity index (χ2v) is 14.5. The van der Waals surface area contributed by atoms with E-state index in [9.17, 15) is 0 Å². The minimum absolute atomic E-state index is 0.405.